The van der Waals surface area contributed by atoms with Gasteiger partial charge in [0, 0.05) is 6.42 Å². The zero-order valence-electron chi connectivity index (χ0n) is 46.5. The van der Waals surface area contributed by atoms with Gasteiger partial charge in [0.05, 0.1) is 38.6 Å². The standard InChI is InChI=1S/C57H107NO18/c1-3-5-7-8-9-10-11-12-13-14-15-16-17-18-19-20-21-22-23-24-25-26-27-28-29-30-31-33-34-41(62)40(58-45(63)35-32-6-4-2)39-71-55-51(69)48(66)53(43(37-60)73-55)76-57-52(70)49(67)54(44(38-61)74-57)75-56-50(68)47(65)46(64)42(36-59)72-56/h33-34,40-44,46-57,59-62,64-70H,3-32,35-39H2,1-2H3,(H,58,63)/b34-33+. The Morgan fingerprint density at radius 2 is 0.816 bits per heavy atom. The Bertz CT molecular complexity index is 1450. The summed E-state index contributed by atoms with van der Waals surface area (Å²) in [6.45, 7) is 1.53. The van der Waals surface area contributed by atoms with E-state index in [1.165, 1.54) is 148 Å². The molecule has 3 heterocycles. The van der Waals surface area contributed by atoms with Crippen molar-refractivity contribution in [3.8, 4) is 0 Å². The van der Waals surface area contributed by atoms with Gasteiger partial charge in [-0.3, -0.25) is 4.79 Å². The summed E-state index contributed by atoms with van der Waals surface area (Å²) in [5, 5.41) is 119. The van der Waals surface area contributed by atoms with Gasteiger partial charge in [-0.2, -0.15) is 0 Å². The van der Waals surface area contributed by atoms with E-state index in [0.717, 1.165) is 38.5 Å². The summed E-state index contributed by atoms with van der Waals surface area (Å²) in [6.07, 6.45) is 14.9. The van der Waals surface area contributed by atoms with Crippen LogP contribution in [-0.2, 0) is 33.2 Å². The van der Waals surface area contributed by atoms with Crippen LogP contribution in [0.1, 0.15) is 213 Å². The van der Waals surface area contributed by atoms with Crippen LogP contribution in [0.2, 0.25) is 0 Å². The van der Waals surface area contributed by atoms with Crippen LogP contribution < -0.4 is 5.32 Å². The number of ether oxygens (including phenoxy) is 6. The predicted molar refractivity (Wildman–Crippen MR) is 287 cm³/mol. The Labute approximate surface area is 455 Å². The molecule has 3 aliphatic heterocycles. The van der Waals surface area contributed by atoms with E-state index in [1.807, 2.05) is 13.0 Å². The maximum absolute atomic E-state index is 12.9. The first-order valence-corrected chi connectivity index (χ1v) is 29.9. The van der Waals surface area contributed by atoms with Crippen molar-refractivity contribution in [2.24, 2.45) is 0 Å². The lowest BCUT2D eigenvalue weighted by Gasteiger charge is -2.48. The fraction of sp³-hybridized carbons (Fsp3) is 0.947. The van der Waals surface area contributed by atoms with E-state index in [-0.39, 0.29) is 18.9 Å². The highest BCUT2D eigenvalue weighted by Gasteiger charge is 2.53. The van der Waals surface area contributed by atoms with Crippen molar-refractivity contribution < 1.29 is 89.4 Å². The van der Waals surface area contributed by atoms with Crippen LogP contribution in [-0.4, -0.2) is 193 Å². The van der Waals surface area contributed by atoms with Crippen LogP contribution in [0.5, 0.6) is 0 Å². The van der Waals surface area contributed by atoms with Crippen molar-refractivity contribution in [3.63, 3.8) is 0 Å². The molecule has 0 bridgehead atoms. The molecule has 3 fully saturated rings. The van der Waals surface area contributed by atoms with Gasteiger partial charge in [0.15, 0.2) is 18.9 Å². The van der Waals surface area contributed by atoms with Crippen LogP contribution >= 0.6 is 0 Å². The molecule has 0 spiro atoms. The summed E-state index contributed by atoms with van der Waals surface area (Å²) >= 11 is 0. The number of hydrogen-bond acceptors (Lipinski definition) is 18. The number of carbonyl (C=O) groups excluding carboxylic acids is 1. The number of nitrogens with one attached hydrogen (secondary N) is 1. The maximum atomic E-state index is 12.9. The number of allylic oxidation sites excluding steroid dienone is 1. The molecule has 12 N–H and O–H groups in total. The SMILES string of the molecule is CCCCCCCCCCCCCCCCCCCCCCCCCCCC/C=C/C(O)C(COC1OC(CO)C(OC2OC(CO)C(OC3OC(CO)C(O)C(O)C3O)C(O)C2O)C(O)C1O)NC(=O)CCCCC. The summed E-state index contributed by atoms with van der Waals surface area (Å²) in [5.74, 6) is -0.299. The lowest BCUT2D eigenvalue weighted by Crippen LogP contribution is -2.66. The van der Waals surface area contributed by atoms with Gasteiger partial charge < -0.3 is 89.9 Å². The van der Waals surface area contributed by atoms with E-state index < -0.39 is 124 Å². The van der Waals surface area contributed by atoms with Crippen molar-refractivity contribution in [2.75, 3.05) is 26.4 Å². The van der Waals surface area contributed by atoms with Crippen LogP contribution in [0.4, 0.5) is 0 Å². The molecule has 3 aliphatic rings. The van der Waals surface area contributed by atoms with E-state index in [9.17, 15) is 61.0 Å². The van der Waals surface area contributed by atoms with Crippen LogP contribution in [0.15, 0.2) is 12.2 Å². The Hall–Kier alpha value is -1.47. The van der Waals surface area contributed by atoms with Crippen molar-refractivity contribution in [1.29, 1.82) is 0 Å². The van der Waals surface area contributed by atoms with Crippen molar-refractivity contribution in [3.05, 3.63) is 12.2 Å². The quantitative estimate of drug-likeness (QED) is 0.0283. The molecular weight excluding hydrogens is 987 g/mol. The molecule has 19 heteroatoms. The van der Waals surface area contributed by atoms with Crippen molar-refractivity contribution >= 4 is 5.91 Å². The first-order valence-electron chi connectivity index (χ1n) is 29.9. The van der Waals surface area contributed by atoms with Gasteiger partial charge >= 0.3 is 0 Å². The van der Waals surface area contributed by atoms with Gasteiger partial charge in [-0.15, -0.1) is 0 Å². The molecule has 1 amide bonds. The number of amides is 1. The smallest absolute Gasteiger partial charge is 0.220 e. The molecule has 0 aromatic rings. The van der Waals surface area contributed by atoms with Gasteiger partial charge in [0.25, 0.3) is 0 Å². The molecule has 3 rings (SSSR count). The van der Waals surface area contributed by atoms with Gasteiger partial charge in [-0.05, 0) is 19.3 Å². The topological polar surface area (TPSA) is 307 Å². The summed E-state index contributed by atoms with van der Waals surface area (Å²) in [7, 11) is 0. The molecular formula is C57H107NO18. The minimum Gasteiger partial charge on any atom is -0.394 e. The van der Waals surface area contributed by atoms with Gasteiger partial charge in [-0.1, -0.05) is 199 Å². The third-order valence-electron chi connectivity index (χ3n) is 15.3. The van der Waals surface area contributed by atoms with Crippen molar-refractivity contribution in [1.82, 2.24) is 5.32 Å². The van der Waals surface area contributed by atoms with E-state index in [2.05, 4.69) is 12.2 Å². The minimum absolute atomic E-state index is 0.231. The molecule has 19 nitrogen and oxygen atoms in total. The third kappa shape index (κ3) is 25.5. The Morgan fingerprint density at radius 1 is 0.461 bits per heavy atom. The number of hydrogen-bond donors (Lipinski definition) is 12. The highest BCUT2D eigenvalue weighted by Crippen LogP contribution is 2.33. The first-order chi connectivity index (χ1) is 36.8. The molecule has 0 aromatic heterocycles. The second-order valence-corrected chi connectivity index (χ2v) is 21.8. The molecule has 17 atom stereocenters. The van der Waals surface area contributed by atoms with Gasteiger partial charge in [0.2, 0.25) is 5.91 Å². The van der Waals surface area contributed by atoms with E-state index >= 15 is 0 Å². The number of aliphatic hydroxyl groups excluding tert-OH is 11. The second kappa shape index (κ2) is 41.5. The molecule has 0 radical (unpaired) electrons. The second-order valence-electron chi connectivity index (χ2n) is 21.8. The van der Waals surface area contributed by atoms with Crippen LogP contribution in [0.25, 0.3) is 0 Å². The zero-order chi connectivity index (χ0) is 55.5. The summed E-state index contributed by atoms with van der Waals surface area (Å²) < 4.78 is 34.0. The Balaban J connectivity index is 1.34. The largest absolute Gasteiger partial charge is 0.394 e. The minimum atomic E-state index is -1.97. The molecule has 3 saturated heterocycles. The molecule has 448 valence electrons. The summed E-state index contributed by atoms with van der Waals surface area (Å²) in [5.41, 5.74) is 0. The van der Waals surface area contributed by atoms with Gasteiger partial charge in [-0.25, -0.2) is 0 Å². The van der Waals surface area contributed by atoms with Crippen molar-refractivity contribution in [2.45, 2.75) is 317 Å². The van der Waals surface area contributed by atoms with Crippen LogP contribution in [0, 0.1) is 0 Å². The zero-order valence-corrected chi connectivity index (χ0v) is 46.5. The average Bonchev–Trinajstić information content (AvgIpc) is 3.42. The normalized spacial score (nSPS) is 31.0. The molecule has 76 heavy (non-hydrogen) atoms. The molecule has 17 unspecified atom stereocenters. The lowest BCUT2D eigenvalue weighted by molar-refractivity contribution is -0.379. The Morgan fingerprint density at radius 3 is 1.24 bits per heavy atom. The molecule has 0 aliphatic carbocycles. The summed E-state index contributed by atoms with van der Waals surface area (Å²) in [4.78, 5) is 12.9. The number of rotatable bonds is 44. The fourth-order valence-electron chi connectivity index (χ4n) is 10.4. The fourth-order valence-corrected chi connectivity index (χ4v) is 10.4. The highest BCUT2D eigenvalue weighted by molar-refractivity contribution is 5.76. The van der Waals surface area contributed by atoms with E-state index in [4.69, 9.17) is 28.4 Å². The maximum Gasteiger partial charge on any atom is 0.220 e. The lowest BCUT2D eigenvalue weighted by atomic mass is 9.96. The average molecular weight is 1090 g/mol. The monoisotopic (exact) mass is 1090 g/mol. The molecule has 0 aromatic carbocycles. The summed E-state index contributed by atoms with van der Waals surface area (Å²) in [6, 6.07) is -0.963. The predicted octanol–water partition coefficient (Wildman–Crippen LogP) is 4.99. The number of unbranched alkanes of at least 4 members (excludes halogenated alkanes) is 28. The van der Waals surface area contributed by atoms with Crippen LogP contribution in [0.3, 0.4) is 0 Å². The van der Waals surface area contributed by atoms with E-state index in [0.29, 0.717) is 6.42 Å². The Kier molecular flexibility index (Phi) is 37.6. The number of carbonyl (C=O) groups is 1. The highest BCUT2D eigenvalue weighted by atomic mass is 16.8. The van der Waals surface area contributed by atoms with E-state index in [1.54, 1.807) is 6.08 Å². The molecule has 0 saturated carbocycles. The number of aliphatic hydroxyl groups is 11. The van der Waals surface area contributed by atoms with Gasteiger partial charge in [0.1, 0.15) is 73.2 Å². The third-order valence-corrected chi connectivity index (χ3v) is 15.3. The first kappa shape index (κ1) is 68.8.